The van der Waals surface area contributed by atoms with Gasteiger partial charge in [-0.1, -0.05) is 29.5 Å². The lowest BCUT2D eigenvalue weighted by Gasteiger charge is -2.07. The molecule has 0 saturated carbocycles. The number of esters is 1. The van der Waals surface area contributed by atoms with Crippen molar-refractivity contribution in [2.24, 2.45) is 0 Å². The van der Waals surface area contributed by atoms with Crippen molar-refractivity contribution in [3.8, 4) is 0 Å². The fourth-order valence-corrected chi connectivity index (χ4v) is 3.94. The highest BCUT2D eigenvalue weighted by Crippen LogP contribution is 2.27. The topological polar surface area (TPSA) is 93.5 Å². The van der Waals surface area contributed by atoms with E-state index in [9.17, 15) is 9.59 Å². The average molecular weight is 440 g/mol. The van der Waals surface area contributed by atoms with Crippen LogP contribution in [0.2, 0.25) is 0 Å². The van der Waals surface area contributed by atoms with Crippen LogP contribution in [0.3, 0.4) is 0 Å². The van der Waals surface area contributed by atoms with Gasteiger partial charge in [0.05, 0.1) is 21.9 Å². The number of nitrogens with zero attached hydrogens (tertiary/aromatic N) is 1. The number of hydrogen-bond donors (Lipinski definition) is 2. The SMILES string of the molecule is CC(C)OC(=O)c1ccc2nc(NC(=S)NC(=O)c3cc4ccccc4o3)sc2c1. The van der Waals surface area contributed by atoms with Gasteiger partial charge in [0.25, 0.3) is 5.91 Å². The maximum atomic E-state index is 12.4. The van der Waals surface area contributed by atoms with E-state index in [0.29, 0.717) is 21.8 Å². The van der Waals surface area contributed by atoms with Crippen molar-refractivity contribution in [1.29, 1.82) is 0 Å². The average Bonchev–Trinajstić information content (AvgIpc) is 3.29. The first-order valence-electron chi connectivity index (χ1n) is 9.11. The highest BCUT2D eigenvalue weighted by atomic mass is 32.1. The molecule has 2 heterocycles. The molecule has 0 aliphatic carbocycles. The smallest absolute Gasteiger partial charge is 0.338 e. The van der Waals surface area contributed by atoms with Crippen molar-refractivity contribution >= 4 is 66.9 Å². The molecule has 30 heavy (non-hydrogen) atoms. The van der Waals surface area contributed by atoms with E-state index >= 15 is 0 Å². The lowest BCUT2D eigenvalue weighted by atomic mass is 10.2. The zero-order valence-corrected chi connectivity index (χ0v) is 17.7. The van der Waals surface area contributed by atoms with Crippen molar-refractivity contribution in [2.45, 2.75) is 20.0 Å². The molecule has 0 atom stereocenters. The van der Waals surface area contributed by atoms with Crippen molar-refractivity contribution in [2.75, 3.05) is 5.32 Å². The van der Waals surface area contributed by atoms with E-state index in [1.807, 2.05) is 18.2 Å². The number of aromatic nitrogens is 1. The van der Waals surface area contributed by atoms with E-state index < -0.39 is 5.91 Å². The van der Waals surface area contributed by atoms with Crippen LogP contribution >= 0.6 is 23.6 Å². The first-order valence-corrected chi connectivity index (χ1v) is 10.3. The molecule has 0 unspecified atom stereocenters. The first kappa shape index (κ1) is 20.0. The second-order valence-electron chi connectivity index (χ2n) is 6.71. The van der Waals surface area contributed by atoms with Crippen LogP contribution in [0.5, 0.6) is 0 Å². The molecule has 2 aromatic heterocycles. The summed E-state index contributed by atoms with van der Waals surface area (Å²) < 4.78 is 11.5. The summed E-state index contributed by atoms with van der Waals surface area (Å²) in [6.45, 7) is 3.59. The maximum absolute atomic E-state index is 12.4. The Bertz CT molecular complexity index is 1240. The number of carbonyl (C=O) groups is 2. The molecular weight excluding hydrogens is 422 g/mol. The Labute approximate surface area is 181 Å². The molecule has 0 fully saturated rings. The number of carbonyl (C=O) groups excluding carboxylic acids is 2. The van der Waals surface area contributed by atoms with Crippen LogP contribution in [0, 0.1) is 0 Å². The van der Waals surface area contributed by atoms with Crippen LogP contribution in [-0.2, 0) is 4.74 Å². The molecule has 2 N–H and O–H groups in total. The lowest BCUT2D eigenvalue weighted by Crippen LogP contribution is -2.33. The number of fused-ring (bicyclic) bond motifs is 2. The second-order valence-corrected chi connectivity index (χ2v) is 8.15. The molecule has 0 radical (unpaired) electrons. The van der Waals surface area contributed by atoms with Gasteiger partial charge in [0.2, 0.25) is 0 Å². The largest absolute Gasteiger partial charge is 0.459 e. The van der Waals surface area contributed by atoms with E-state index in [1.165, 1.54) is 11.3 Å². The number of hydrogen-bond acceptors (Lipinski definition) is 7. The van der Waals surface area contributed by atoms with Gasteiger partial charge < -0.3 is 14.5 Å². The van der Waals surface area contributed by atoms with Crippen LogP contribution in [0.4, 0.5) is 5.13 Å². The standard InChI is InChI=1S/C21H17N3O4S2/c1-11(2)27-19(26)13-7-8-14-17(10-13)30-21(22-14)24-20(29)23-18(25)16-9-12-5-3-4-6-15(12)28-16/h3-11H,1-2H3,(H2,22,23,24,25,29). The van der Waals surface area contributed by atoms with Crippen LogP contribution in [0.15, 0.2) is 52.9 Å². The quantitative estimate of drug-likeness (QED) is 0.351. The minimum atomic E-state index is -0.455. The fraction of sp³-hybridized carbons (Fsp3) is 0.143. The predicted octanol–water partition coefficient (Wildman–Crippen LogP) is 4.73. The van der Waals surface area contributed by atoms with E-state index in [4.69, 9.17) is 21.4 Å². The Hall–Kier alpha value is -3.30. The number of thiocarbonyl (C=S) groups is 1. The van der Waals surface area contributed by atoms with Crippen LogP contribution in [0.25, 0.3) is 21.2 Å². The first-order chi connectivity index (χ1) is 14.4. The molecule has 2 aromatic carbocycles. The molecule has 0 spiro atoms. The molecular formula is C21H17N3O4S2. The molecule has 0 saturated heterocycles. The molecule has 7 nitrogen and oxygen atoms in total. The number of ether oxygens (including phenoxy) is 1. The van der Waals surface area contributed by atoms with E-state index in [-0.39, 0.29) is 22.9 Å². The van der Waals surface area contributed by atoms with E-state index in [0.717, 1.165) is 10.1 Å². The predicted molar refractivity (Wildman–Crippen MR) is 120 cm³/mol. The number of benzene rings is 2. The highest BCUT2D eigenvalue weighted by Gasteiger charge is 2.15. The van der Waals surface area contributed by atoms with Gasteiger partial charge in [-0.05, 0) is 56.4 Å². The van der Waals surface area contributed by atoms with Gasteiger partial charge in [0.1, 0.15) is 5.58 Å². The van der Waals surface area contributed by atoms with Gasteiger partial charge in [0.15, 0.2) is 16.0 Å². The van der Waals surface area contributed by atoms with Gasteiger partial charge >= 0.3 is 5.97 Å². The third kappa shape index (κ3) is 4.32. The summed E-state index contributed by atoms with van der Waals surface area (Å²) in [5.41, 5.74) is 1.78. The van der Waals surface area contributed by atoms with Crippen LogP contribution < -0.4 is 10.6 Å². The van der Waals surface area contributed by atoms with E-state index in [2.05, 4.69) is 15.6 Å². The maximum Gasteiger partial charge on any atom is 0.338 e. The molecule has 4 aromatic rings. The normalized spacial score (nSPS) is 11.0. The van der Waals surface area contributed by atoms with Crippen molar-refractivity contribution in [1.82, 2.24) is 10.3 Å². The van der Waals surface area contributed by atoms with Crippen molar-refractivity contribution < 1.29 is 18.7 Å². The summed E-state index contributed by atoms with van der Waals surface area (Å²) in [4.78, 5) is 28.9. The number of thiazole rings is 1. The summed E-state index contributed by atoms with van der Waals surface area (Å²) in [6.07, 6.45) is -0.195. The Morgan fingerprint density at radius 3 is 2.73 bits per heavy atom. The molecule has 4 rings (SSSR count). The number of furan rings is 1. The number of nitrogens with one attached hydrogen (secondary N) is 2. The summed E-state index contributed by atoms with van der Waals surface area (Å²) in [7, 11) is 0. The van der Waals surface area contributed by atoms with Gasteiger partial charge in [-0.3, -0.25) is 10.1 Å². The van der Waals surface area contributed by atoms with Gasteiger partial charge in [-0.15, -0.1) is 0 Å². The summed E-state index contributed by atoms with van der Waals surface area (Å²) in [5, 5.41) is 6.90. The summed E-state index contributed by atoms with van der Waals surface area (Å²) in [6, 6.07) is 14.1. The molecule has 1 amide bonds. The van der Waals surface area contributed by atoms with Crippen molar-refractivity contribution in [3.05, 3.63) is 59.9 Å². The Morgan fingerprint density at radius 2 is 1.97 bits per heavy atom. The van der Waals surface area contributed by atoms with Gasteiger partial charge in [0, 0.05) is 5.39 Å². The zero-order valence-electron chi connectivity index (χ0n) is 16.1. The number of amides is 1. The zero-order chi connectivity index (χ0) is 21.3. The number of anilines is 1. The minimum absolute atomic E-state index is 0.0963. The molecule has 0 aliphatic rings. The Morgan fingerprint density at radius 1 is 1.17 bits per heavy atom. The molecule has 152 valence electrons. The third-order valence-electron chi connectivity index (χ3n) is 4.06. The van der Waals surface area contributed by atoms with Gasteiger partial charge in [-0.25, -0.2) is 9.78 Å². The second kappa shape index (κ2) is 8.21. The monoisotopic (exact) mass is 439 g/mol. The lowest BCUT2D eigenvalue weighted by molar-refractivity contribution is 0.0378. The van der Waals surface area contributed by atoms with Crippen LogP contribution in [0.1, 0.15) is 34.8 Å². The Kier molecular flexibility index (Phi) is 5.47. The molecule has 0 bridgehead atoms. The summed E-state index contributed by atoms with van der Waals surface area (Å²) >= 11 is 6.53. The van der Waals surface area contributed by atoms with Crippen LogP contribution in [-0.4, -0.2) is 28.1 Å². The summed E-state index contributed by atoms with van der Waals surface area (Å²) in [5.74, 6) is -0.676. The molecule has 9 heteroatoms. The highest BCUT2D eigenvalue weighted by molar-refractivity contribution is 7.80. The number of rotatable bonds is 4. The fourth-order valence-electron chi connectivity index (χ4n) is 2.77. The van der Waals surface area contributed by atoms with Crippen molar-refractivity contribution in [3.63, 3.8) is 0 Å². The minimum Gasteiger partial charge on any atom is -0.459 e. The third-order valence-corrected chi connectivity index (χ3v) is 5.20. The molecule has 0 aliphatic heterocycles. The Balaban J connectivity index is 1.44. The number of para-hydroxylation sites is 1. The van der Waals surface area contributed by atoms with E-state index in [1.54, 1.807) is 44.2 Å². The van der Waals surface area contributed by atoms with Gasteiger partial charge in [-0.2, -0.15) is 0 Å².